The highest BCUT2D eigenvalue weighted by Gasteiger charge is 2.04. The molecule has 2 nitrogen and oxygen atoms in total. The third kappa shape index (κ3) is 4.72. The molecule has 1 N–H and O–H groups in total. The lowest BCUT2D eigenvalue weighted by atomic mass is 10.1. The van der Waals surface area contributed by atoms with Crippen LogP contribution in [0.5, 0.6) is 0 Å². The number of thioether (sulfide) groups is 1. The Kier molecular flexibility index (Phi) is 5.11. The molecular formula is C16H12F2O2S. The monoisotopic (exact) mass is 306 g/mol. The molecule has 0 saturated heterocycles. The van der Waals surface area contributed by atoms with Crippen molar-refractivity contribution in [2.24, 2.45) is 0 Å². The second-order valence-electron chi connectivity index (χ2n) is 4.26. The lowest BCUT2D eigenvalue weighted by molar-refractivity contribution is -0.131. The minimum absolute atomic E-state index is 0.315. The highest BCUT2D eigenvalue weighted by molar-refractivity contribution is 7.98. The van der Waals surface area contributed by atoms with Crippen molar-refractivity contribution >= 4 is 23.8 Å². The van der Waals surface area contributed by atoms with Gasteiger partial charge in [-0.25, -0.2) is 13.6 Å². The molecule has 21 heavy (non-hydrogen) atoms. The predicted octanol–water partition coefficient (Wildman–Crippen LogP) is 4.35. The van der Waals surface area contributed by atoms with Gasteiger partial charge in [-0.3, -0.25) is 0 Å². The van der Waals surface area contributed by atoms with E-state index >= 15 is 0 Å². The maximum Gasteiger partial charge on any atom is 0.328 e. The van der Waals surface area contributed by atoms with Gasteiger partial charge in [0, 0.05) is 16.7 Å². The van der Waals surface area contributed by atoms with Crippen LogP contribution >= 0.6 is 11.8 Å². The lowest BCUT2D eigenvalue weighted by Gasteiger charge is -2.06. The summed E-state index contributed by atoms with van der Waals surface area (Å²) in [4.78, 5) is 11.3. The molecule has 0 heterocycles. The number of hydrogen-bond donors (Lipinski definition) is 1. The van der Waals surface area contributed by atoms with Gasteiger partial charge in [0.25, 0.3) is 0 Å². The third-order valence-corrected chi connectivity index (χ3v) is 3.75. The van der Waals surface area contributed by atoms with Crippen molar-refractivity contribution in [3.63, 3.8) is 0 Å². The minimum atomic E-state index is -1.09. The molecule has 2 aromatic rings. The predicted molar refractivity (Wildman–Crippen MR) is 79.0 cm³/mol. The van der Waals surface area contributed by atoms with Gasteiger partial charge in [-0.2, -0.15) is 0 Å². The number of halogens is 2. The second-order valence-corrected chi connectivity index (χ2v) is 5.31. The summed E-state index contributed by atoms with van der Waals surface area (Å²) in [6.07, 6.45) is 2.32. The quantitative estimate of drug-likeness (QED) is 0.659. The Hall–Kier alpha value is -2.14. The summed E-state index contributed by atoms with van der Waals surface area (Å²) in [5.74, 6) is -1.35. The molecule has 0 aliphatic carbocycles. The van der Waals surface area contributed by atoms with E-state index < -0.39 is 11.8 Å². The van der Waals surface area contributed by atoms with Crippen LogP contribution in [0, 0.1) is 11.6 Å². The molecule has 0 aliphatic heterocycles. The fourth-order valence-electron chi connectivity index (χ4n) is 1.73. The fraction of sp³-hybridized carbons (Fsp3) is 0.0625. The highest BCUT2D eigenvalue weighted by Crippen LogP contribution is 2.26. The van der Waals surface area contributed by atoms with Gasteiger partial charge in [0.05, 0.1) is 0 Å². The van der Waals surface area contributed by atoms with Gasteiger partial charge in [-0.15, -0.1) is 11.8 Å². The number of carboxylic acids is 1. The van der Waals surface area contributed by atoms with Gasteiger partial charge in [-0.05, 0) is 47.5 Å². The molecule has 0 radical (unpaired) electrons. The van der Waals surface area contributed by atoms with E-state index in [4.69, 9.17) is 5.11 Å². The first kappa shape index (κ1) is 15.3. The zero-order valence-electron chi connectivity index (χ0n) is 10.9. The third-order valence-electron chi connectivity index (χ3n) is 2.70. The smallest absolute Gasteiger partial charge is 0.328 e. The average Bonchev–Trinajstić information content (AvgIpc) is 2.44. The summed E-state index contributed by atoms with van der Waals surface area (Å²) in [5.41, 5.74) is 1.28. The van der Waals surface area contributed by atoms with Gasteiger partial charge < -0.3 is 5.11 Å². The van der Waals surface area contributed by atoms with E-state index in [-0.39, 0.29) is 5.82 Å². The molecule has 0 spiro atoms. The van der Waals surface area contributed by atoms with Gasteiger partial charge in [0.2, 0.25) is 0 Å². The fourth-order valence-corrected chi connectivity index (χ4v) is 2.69. The Balaban J connectivity index is 2.17. The van der Waals surface area contributed by atoms with Crippen molar-refractivity contribution < 1.29 is 18.7 Å². The number of carbonyl (C=O) groups is 1. The molecular weight excluding hydrogens is 294 g/mol. The van der Waals surface area contributed by atoms with Crippen LogP contribution in [0.25, 0.3) is 6.08 Å². The first-order valence-electron chi connectivity index (χ1n) is 6.12. The van der Waals surface area contributed by atoms with E-state index in [1.807, 2.05) is 0 Å². The molecule has 0 fully saturated rings. The first-order valence-corrected chi connectivity index (χ1v) is 7.11. The van der Waals surface area contributed by atoms with Gasteiger partial charge in [-0.1, -0.05) is 12.1 Å². The van der Waals surface area contributed by atoms with Crippen LogP contribution in [0.4, 0.5) is 8.78 Å². The Bertz CT molecular complexity index is 684. The molecule has 0 bridgehead atoms. The standard InChI is InChI=1S/C16H12F2O2S/c17-13-2-1-3-15(9-13)21-10-12-4-6-14(18)8-11(12)5-7-16(19)20/h1-9H,10H2,(H,19,20)/b7-5+. The molecule has 0 unspecified atom stereocenters. The van der Waals surface area contributed by atoms with Gasteiger partial charge >= 0.3 is 5.97 Å². The summed E-state index contributed by atoms with van der Waals surface area (Å²) >= 11 is 1.40. The van der Waals surface area contributed by atoms with Crippen LogP contribution in [0.15, 0.2) is 53.4 Å². The normalized spacial score (nSPS) is 11.0. The van der Waals surface area contributed by atoms with Crippen molar-refractivity contribution in [2.45, 2.75) is 10.6 Å². The van der Waals surface area contributed by atoms with E-state index in [2.05, 4.69) is 0 Å². The van der Waals surface area contributed by atoms with Crippen molar-refractivity contribution in [3.05, 3.63) is 71.3 Å². The van der Waals surface area contributed by atoms with Crippen LogP contribution in [-0.4, -0.2) is 11.1 Å². The number of carboxylic acid groups (broad SMARTS) is 1. The van der Waals surface area contributed by atoms with Crippen molar-refractivity contribution in [1.82, 2.24) is 0 Å². The number of aliphatic carboxylic acids is 1. The largest absolute Gasteiger partial charge is 0.478 e. The van der Waals surface area contributed by atoms with Crippen LogP contribution in [0.2, 0.25) is 0 Å². The van der Waals surface area contributed by atoms with E-state index in [1.54, 1.807) is 18.2 Å². The molecule has 0 saturated carbocycles. The second kappa shape index (κ2) is 7.04. The van der Waals surface area contributed by atoms with Crippen molar-refractivity contribution in [2.75, 3.05) is 0 Å². The van der Waals surface area contributed by atoms with Crippen molar-refractivity contribution in [3.8, 4) is 0 Å². The zero-order valence-corrected chi connectivity index (χ0v) is 11.7. The average molecular weight is 306 g/mol. The van der Waals surface area contributed by atoms with E-state index in [0.717, 1.165) is 16.5 Å². The minimum Gasteiger partial charge on any atom is -0.478 e. The summed E-state index contributed by atoms with van der Waals surface area (Å²) in [6, 6.07) is 10.4. The van der Waals surface area contributed by atoms with Crippen LogP contribution in [0.3, 0.4) is 0 Å². The Morgan fingerprint density at radius 2 is 1.90 bits per heavy atom. The first-order chi connectivity index (χ1) is 10.0. The zero-order chi connectivity index (χ0) is 15.2. The molecule has 2 rings (SSSR count). The molecule has 5 heteroatoms. The topological polar surface area (TPSA) is 37.3 Å². The van der Waals surface area contributed by atoms with E-state index in [9.17, 15) is 13.6 Å². The Morgan fingerprint density at radius 1 is 1.14 bits per heavy atom. The summed E-state index contributed by atoms with van der Waals surface area (Å²) in [7, 11) is 0. The van der Waals surface area contributed by atoms with Crippen LogP contribution in [0.1, 0.15) is 11.1 Å². The molecule has 0 amide bonds. The number of benzene rings is 2. The van der Waals surface area contributed by atoms with Crippen LogP contribution in [-0.2, 0) is 10.5 Å². The van der Waals surface area contributed by atoms with Gasteiger partial charge in [0.1, 0.15) is 11.6 Å². The highest BCUT2D eigenvalue weighted by atomic mass is 32.2. The maximum absolute atomic E-state index is 13.3. The lowest BCUT2D eigenvalue weighted by Crippen LogP contribution is -1.91. The molecule has 0 aliphatic rings. The van der Waals surface area contributed by atoms with Crippen molar-refractivity contribution in [1.29, 1.82) is 0 Å². The SMILES string of the molecule is O=C(O)/C=C/c1cc(F)ccc1CSc1cccc(F)c1. The van der Waals surface area contributed by atoms with Gasteiger partial charge in [0.15, 0.2) is 0 Å². The molecule has 0 aromatic heterocycles. The maximum atomic E-state index is 13.3. The van der Waals surface area contributed by atoms with E-state index in [1.165, 1.54) is 42.1 Å². The molecule has 2 aromatic carbocycles. The number of hydrogen-bond acceptors (Lipinski definition) is 2. The van der Waals surface area contributed by atoms with Crippen LogP contribution < -0.4 is 0 Å². The number of rotatable bonds is 5. The summed E-state index contributed by atoms with van der Waals surface area (Å²) in [6.45, 7) is 0. The summed E-state index contributed by atoms with van der Waals surface area (Å²) in [5, 5.41) is 8.65. The molecule has 0 atom stereocenters. The summed E-state index contributed by atoms with van der Waals surface area (Å²) < 4.78 is 26.3. The Labute approximate surface area is 125 Å². The van der Waals surface area contributed by atoms with E-state index in [0.29, 0.717) is 11.3 Å². The molecule has 108 valence electrons. The Morgan fingerprint density at radius 3 is 2.62 bits per heavy atom.